The van der Waals surface area contributed by atoms with E-state index in [1.807, 2.05) is 11.8 Å². The molecule has 0 saturated carbocycles. The van der Waals surface area contributed by atoms with Crippen LogP contribution in [0.5, 0.6) is 0 Å². The minimum absolute atomic E-state index is 0.201. The Kier molecular flexibility index (Phi) is 7.99. The second-order valence-electron chi connectivity index (χ2n) is 3.46. The molecule has 0 heterocycles. The van der Waals surface area contributed by atoms with Crippen LogP contribution in [0, 0.1) is 5.92 Å². The molecule has 0 saturated heterocycles. The van der Waals surface area contributed by atoms with Crippen molar-refractivity contribution in [2.75, 3.05) is 18.1 Å². The standard InChI is InChI=1S/C9H21N3S/c1-8(2)4-7-13-6-3-5-12-9(10)11/h8H,3-7H2,1-2H3,(H4,10,11,12). The molecular weight excluding hydrogens is 182 g/mol. The van der Waals surface area contributed by atoms with E-state index in [-0.39, 0.29) is 5.96 Å². The molecule has 0 rings (SSSR count). The molecule has 0 fully saturated rings. The van der Waals surface area contributed by atoms with Crippen molar-refractivity contribution in [3.05, 3.63) is 0 Å². The zero-order valence-corrected chi connectivity index (χ0v) is 9.44. The molecule has 0 unspecified atom stereocenters. The van der Waals surface area contributed by atoms with E-state index in [9.17, 15) is 0 Å². The molecule has 0 aliphatic carbocycles. The summed E-state index contributed by atoms with van der Waals surface area (Å²) in [5.41, 5.74) is 10.4. The molecule has 0 atom stereocenters. The Labute approximate surface area is 85.4 Å². The SMILES string of the molecule is CC(C)CCSCCCN=C(N)N. The molecule has 0 radical (unpaired) electrons. The summed E-state index contributed by atoms with van der Waals surface area (Å²) in [5.74, 6) is 3.42. The molecule has 78 valence electrons. The molecule has 0 amide bonds. The van der Waals surface area contributed by atoms with Gasteiger partial charge in [-0.25, -0.2) is 0 Å². The Morgan fingerprint density at radius 3 is 2.54 bits per heavy atom. The molecule has 13 heavy (non-hydrogen) atoms. The quantitative estimate of drug-likeness (QED) is 0.374. The highest BCUT2D eigenvalue weighted by atomic mass is 32.2. The lowest BCUT2D eigenvalue weighted by Gasteiger charge is -2.03. The summed E-state index contributed by atoms with van der Waals surface area (Å²) in [7, 11) is 0. The first kappa shape index (κ1) is 12.6. The van der Waals surface area contributed by atoms with Gasteiger partial charge in [0.15, 0.2) is 5.96 Å². The van der Waals surface area contributed by atoms with Crippen LogP contribution in [0.1, 0.15) is 26.7 Å². The highest BCUT2D eigenvalue weighted by Crippen LogP contribution is 2.09. The van der Waals surface area contributed by atoms with Gasteiger partial charge in [0.05, 0.1) is 0 Å². The molecule has 4 heteroatoms. The summed E-state index contributed by atoms with van der Waals surface area (Å²) in [5, 5.41) is 0. The fourth-order valence-electron chi connectivity index (χ4n) is 0.796. The number of aliphatic imine (C=N–C) groups is 1. The maximum absolute atomic E-state index is 5.19. The van der Waals surface area contributed by atoms with E-state index in [2.05, 4.69) is 18.8 Å². The monoisotopic (exact) mass is 203 g/mol. The van der Waals surface area contributed by atoms with Gasteiger partial charge in [-0.1, -0.05) is 13.8 Å². The predicted molar refractivity (Wildman–Crippen MR) is 62.1 cm³/mol. The summed E-state index contributed by atoms with van der Waals surface area (Å²) in [6.45, 7) is 5.26. The number of rotatable bonds is 7. The third kappa shape index (κ3) is 11.6. The van der Waals surface area contributed by atoms with Crippen molar-refractivity contribution in [2.45, 2.75) is 26.7 Å². The van der Waals surface area contributed by atoms with Gasteiger partial charge in [0, 0.05) is 6.54 Å². The number of nitrogens with zero attached hydrogens (tertiary/aromatic N) is 1. The van der Waals surface area contributed by atoms with Gasteiger partial charge in [-0.05, 0) is 30.3 Å². The third-order valence-electron chi connectivity index (χ3n) is 1.58. The average molecular weight is 203 g/mol. The van der Waals surface area contributed by atoms with Gasteiger partial charge >= 0.3 is 0 Å². The van der Waals surface area contributed by atoms with Crippen molar-refractivity contribution in [1.82, 2.24) is 0 Å². The van der Waals surface area contributed by atoms with Gasteiger partial charge in [0.25, 0.3) is 0 Å². The third-order valence-corrected chi connectivity index (χ3v) is 2.68. The molecule has 0 aliphatic heterocycles. The number of guanidine groups is 1. The average Bonchev–Trinajstić information content (AvgIpc) is 2.01. The number of thioether (sulfide) groups is 1. The van der Waals surface area contributed by atoms with Crippen LogP contribution in [0.25, 0.3) is 0 Å². The Balaban J connectivity index is 3.04. The van der Waals surface area contributed by atoms with E-state index in [1.165, 1.54) is 12.2 Å². The second kappa shape index (κ2) is 8.23. The topological polar surface area (TPSA) is 64.4 Å². The second-order valence-corrected chi connectivity index (χ2v) is 4.68. The van der Waals surface area contributed by atoms with E-state index < -0.39 is 0 Å². The van der Waals surface area contributed by atoms with Crippen molar-refractivity contribution in [2.24, 2.45) is 22.4 Å². The molecule has 0 aromatic rings. The van der Waals surface area contributed by atoms with Crippen LogP contribution in [-0.2, 0) is 0 Å². The lowest BCUT2D eigenvalue weighted by molar-refractivity contribution is 0.632. The van der Waals surface area contributed by atoms with Gasteiger partial charge in [-0.2, -0.15) is 11.8 Å². The van der Waals surface area contributed by atoms with Gasteiger partial charge in [-0.15, -0.1) is 0 Å². The van der Waals surface area contributed by atoms with Crippen molar-refractivity contribution in [3.63, 3.8) is 0 Å². The summed E-state index contributed by atoms with van der Waals surface area (Å²) >= 11 is 1.98. The van der Waals surface area contributed by atoms with Crippen molar-refractivity contribution in [1.29, 1.82) is 0 Å². The normalized spacial score (nSPS) is 10.4. The van der Waals surface area contributed by atoms with E-state index in [1.54, 1.807) is 0 Å². The first-order chi connectivity index (χ1) is 6.13. The van der Waals surface area contributed by atoms with Crippen molar-refractivity contribution in [3.8, 4) is 0 Å². The fourth-order valence-corrected chi connectivity index (χ4v) is 1.97. The van der Waals surface area contributed by atoms with Crippen LogP contribution in [-0.4, -0.2) is 24.0 Å². The van der Waals surface area contributed by atoms with Crippen molar-refractivity contribution < 1.29 is 0 Å². The molecule has 0 aromatic heterocycles. The van der Waals surface area contributed by atoms with Crippen LogP contribution in [0.4, 0.5) is 0 Å². The molecule has 0 bridgehead atoms. The van der Waals surface area contributed by atoms with Crippen LogP contribution < -0.4 is 11.5 Å². The number of hydrogen-bond donors (Lipinski definition) is 2. The summed E-state index contributed by atoms with van der Waals surface area (Å²) in [6.07, 6.45) is 2.37. The predicted octanol–water partition coefficient (Wildman–Crippen LogP) is 1.43. The zero-order valence-electron chi connectivity index (χ0n) is 8.62. The molecular formula is C9H21N3S. The van der Waals surface area contributed by atoms with Crippen LogP contribution in [0.3, 0.4) is 0 Å². The Morgan fingerprint density at radius 2 is 2.00 bits per heavy atom. The van der Waals surface area contributed by atoms with Crippen LogP contribution in [0.2, 0.25) is 0 Å². The summed E-state index contributed by atoms with van der Waals surface area (Å²) in [4.78, 5) is 3.92. The van der Waals surface area contributed by atoms with Gasteiger partial charge in [-0.3, -0.25) is 4.99 Å². The molecule has 0 aromatic carbocycles. The van der Waals surface area contributed by atoms with E-state index in [4.69, 9.17) is 11.5 Å². The Hall–Kier alpha value is -0.380. The maximum Gasteiger partial charge on any atom is 0.185 e. The lowest BCUT2D eigenvalue weighted by Crippen LogP contribution is -2.23. The summed E-state index contributed by atoms with van der Waals surface area (Å²) in [6, 6.07) is 0. The minimum Gasteiger partial charge on any atom is -0.370 e. The molecule has 3 nitrogen and oxygen atoms in total. The van der Waals surface area contributed by atoms with E-state index in [0.717, 1.165) is 24.6 Å². The highest BCUT2D eigenvalue weighted by molar-refractivity contribution is 7.99. The van der Waals surface area contributed by atoms with E-state index in [0.29, 0.717) is 0 Å². The minimum atomic E-state index is 0.201. The zero-order chi connectivity index (χ0) is 10.1. The fraction of sp³-hybridized carbons (Fsp3) is 0.889. The largest absolute Gasteiger partial charge is 0.370 e. The van der Waals surface area contributed by atoms with E-state index >= 15 is 0 Å². The number of hydrogen-bond acceptors (Lipinski definition) is 2. The van der Waals surface area contributed by atoms with Crippen LogP contribution in [0.15, 0.2) is 4.99 Å². The Bertz CT molecular complexity index is 142. The van der Waals surface area contributed by atoms with Crippen LogP contribution >= 0.6 is 11.8 Å². The highest BCUT2D eigenvalue weighted by Gasteiger charge is 1.93. The molecule has 0 spiro atoms. The number of nitrogens with two attached hydrogens (primary N) is 2. The molecule has 4 N–H and O–H groups in total. The van der Waals surface area contributed by atoms with Gasteiger partial charge in [0.1, 0.15) is 0 Å². The van der Waals surface area contributed by atoms with Gasteiger partial charge in [0.2, 0.25) is 0 Å². The summed E-state index contributed by atoms with van der Waals surface area (Å²) < 4.78 is 0. The maximum atomic E-state index is 5.19. The molecule has 0 aliphatic rings. The van der Waals surface area contributed by atoms with Crippen molar-refractivity contribution >= 4 is 17.7 Å². The first-order valence-corrected chi connectivity index (χ1v) is 5.91. The first-order valence-electron chi connectivity index (χ1n) is 4.76. The Morgan fingerprint density at radius 1 is 1.31 bits per heavy atom. The van der Waals surface area contributed by atoms with Gasteiger partial charge < -0.3 is 11.5 Å². The lowest BCUT2D eigenvalue weighted by atomic mass is 10.2. The smallest absolute Gasteiger partial charge is 0.185 e.